The molecule has 1 unspecified atom stereocenters. The third-order valence-corrected chi connectivity index (χ3v) is 5.53. The van der Waals surface area contributed by atoms with Crippen molar-refractivity contribution in [2.75, 3.05) is 24.7 Å². The van der Waals surface area contributed by atoms with Crippen molar-refractivity contribution in [1.82, 2.24) is 4.98 Å². The van der Waals surface area contributed by atoms with E-state index in [2.05, 4.69) is 27.0 Å². The number of ether oxygens (including phenoxy) is 1. The normalized spacial score (nSPS) is 34.9. The van der Waals surface area contributed by atoms with Gasteiger partial charge in [0.15, 0.2) is 0 Å². The van der Waals surface area contributed by atoms with Gasteiger partial charge in [0, 0.05) is 35.3 Å². The van der Waals surface area contributed by atoms with E-state index in [-0.39, 0.29) is 17.2 Å². The Morgan fingerprint density at radius 3 is 3.25 bits per heavy atom. The quantitative estimate of drug-likeness (QED) is 0.791. The molecule has 1 amide bonds. The lowest BCUT2D eigenvalue weighted by molar-refractivity contribution is -0.125. The van der Waals surface area contributed by atoms with Gasteiger partial charge in [0.1, 0.15) is 5.82 Å². The minimum atomic E-state index is -0.206. The molecule has 5 heteroatoms. The van der Waals surface area contributed by atoms with Gasteiger partial charge in [0.2, 0.25) is 5.91 Å². The Bertz CT molecular complexity index is 591. The highest BCUT2D eigenvalue weighted by Crippen LogP contribution is 2.67. The first-order chi connectivity index (χ1) is 9.68. The smallest absolute Gasteiger partial charge is 0.235 e. The van der Waals surface area contributed by atoms with E-state index in [1.54, 1.807) is 6.20 Å². The van der Waals surface area contributed by atoms with E-state index in [0.717, 1.165) is 36.3 Å². The second kappa shape index (κ2) is 4.28. The van der Waals surface area contributed by atoms with Crippen molar-refractivity contribution in [3.63, 3.8) is 0 Å². The molecule has 4 nitrogen and oxygen atoms in total. The van der Waals surface area contributed by atoms with Crippen molar-refractivity contribution in [3.05, 3.63) is 22.3 Å². The van der Waals surface area contributed by atoms with Crippen LogP contribution in [0.4, 0.5) is 5.82 Å². The van der Waals surface area contributed by atoms with Gasteiger partial charge in [-0.1, -0.05) is 0 Å². The van der Waals surface area contributed by atoms with Crippen molar-refractivity contribution >= 4 is 27.7 Å². The molecule has 20 heavy (non-hydrogen) atoms. The van der Waals surface area contributed by atoms with E-state index in [1.807, 2.05) is 11.8 Å². The van der Waals surface area contributed by atoms with Gasteiger partial charge in [-0.15, -0.1) is 0 Å². The molecule has 4 rings (SSSR count). The first kappa shape index (κ1) is 12.8. The number of hydrogen-bond donors (Lipinski definition) is 0. The number of rotatable bonds is 1. The van der Waals surface area contributed by atoms with Gasteiger partial charge in [-0.2, -0.15) is 0 Å². The Balaban J connectivity index is 1.91. The minimum Gasteiger partial charge on any atom is -0.381 e. The summed E-state index contributed by atoms with van der Waals surface area (Å²) >= 11 is 3.52. The van der Waals surface area contributed by atoms with Crippen LogP contribution in [-0.2, 0) is 9.53 Å². The molecule has 106 valence electrons. The number of halogens is 1. The second-order valence-electron chi connectivity index (χ2n) is 5.97. The predicted octanol–water partition coefficient (Wildman–Crippen LogP) is 2.72. The molecule has 3 atom stereocenters. The highest BCUT2D eigenvalue weighted by atomic mass is 79.9. The molecule has 1 aliphatic carbocycles. The summed E-state index contributed by atoms with van der Waals surface area (Å²) in [7, 11) is 0. The number of hydrogen-bond acceptors (Lipinski definition) is 3. The van der Waals surface area contributed by atoms with Crippen LogP contribution in [0.15, 0.2) is 16.7 Å². The van der Waals surface area contributed by atoms with Crippen LogP contribution in [0.25, 0.3) is 0 Å². The number of nitrogens with zero attached hydrogens (tertiary/aromatic N) is 2. The molecule has 0 aromatic carbocycles. The second-order valence-corrected chi connectivity index (χ2v) is 6.89. The number of aromatic nitrogens is 1. The highest BCUT2D eigenvalue weighted by Gasteiger charge is 2.68. The summed E-state index contributed by atoms with van der Waals surface area (Å²) in [5.41, 5.74) is 1.01. The van der Waals surface area contributed by atoms with E-state index in [4.69, 9.17) is 4.74 Å². The van der Waals surface area contributed by atoms with Crippen molar-refractivity contribution in [2.45, 2.75) is 25.7 Å². The van der Waals surface area contributed by atoms with E-state index in [0.29, 0.717) is 12.5 Å². The molecule has 1 aromatic rings. The monoisotopic (exact) mass is 336 g/mol. The Labute approximate surface area is 126 Å². The van der Waals surface area contributed by atoms with Gasteiger partial charge in [0.05, 0.1) is 12.0 Å². The Morgan fingerprint density at radius 1 is 1.60 bits per heavy atom. The van der Waals surface area contributed by atoms with Gasteiger partial charge in [-0.25, -0.2) is 4.98 Å². The summed E-state index contributed by atoms with van der Waals surface area (Å²) in [6.45, 7) is 4.18. The molecule has 2 fully saturated rings. The Hall–Kier alpha value is -0.940. The zero-order valence-corrected chi connectivity index (χ0v) is 13.0. The largest absolute Gasteiger partial charge is 0.381 e. The number of fused-ring (bicyclic) bond motifs is 2. The predicted molar refractivity (Wildman–Crippen MR) is 78.7 cm³/mol. The molecular weight excluding hydrogens is 320 g/mol. The van der Waals surface area contributed by atoms with E-state index in [1.165, 1.54) is 5.56 Å². The fourth-order valence-electron chi connectivity index (χ4n) is 4.08. The van der Waals surface area contributed by atoms with Crippen molar-refractivity contribution in [3.8, 4) is 0 Å². The van der Waals surface area contributed by atoms with E-state index in [9.17, 15) is 4.79 Å². The fraction of sp³-hybridized carbons (Fsp3) is 0.600. The summed E-state index contributed by atoms with van der Waals surface area (Å²) in [6.07, 6.45) is 3.67. The fourth-order valence-corrected chi connectivity index (χ4v) is 4.43. The minimum absolute atomic E-state index is 0.206. The third kappa shape index (κ3) is 1.51. The Morgan fingerprint density at radius 2 is 2.45 bits per heavy atom. The van der Waals surface area contributed by atoms with Crippen molar-refractivity contribution in [2.24, 2.45) is 11.3 Å². The molecule has 3 heterocycles. The van der Waals surface area contributed by atoms with Crippen LogP contribution in [0.5, 0.6) is 0 Å². The zero-order valence-electron chi connectivity index (χ0n) is 11.4. The summed E-state index contributed by atoms with van der Waals surface area (Å²) in [5, 5.41) is 0. The topological polar surface area (TPSA) is 42.4 Å². The molecular formula is C15H17BrN2O2. The summed E-state index contributed by atoms with van der Waals surface area (Å²) in [4.78, 5) is 19.3. The zero-order chi connectivity index (χ0) is 13.9. The van der Waals surface area contributed by atoms with Crippen LogP contribution in [0, 0.1) is 11.3 Å². The lowest BCUT2D eigenvalue weighted by Gasteiger charge is -2.38. The average molecular weight is 337 g/mol. The van der Waals surface area contributed by atoms with Gasteiger partial charge in [0.25, 0.3) is 0 Å². The summed E-state index contributed by atoms with van der Waals surface area (Å²) < 4.78 is 6.68. The lowest BCUT2D eigenvalue weighted by Crippen LogP contribution is -2.46. The van der Waals surface area contributed by atoms with Crippen LogP contribution >= 0.6 is 15.9 Å². The number of carbonyl (C=O) groups excluding carboxylic acids is 1. The Kier molecular flexibility index (Phi) is 2.73. The molecule has 2 aliphatic heterocycles. The van der Waals surface area contributed by atoms with Crippen LogP contribution in [0.1, 0.15) is 31.2 Å². The van der Waals surface area contributed by atoms with E-state index < -0.39 is 0 Å². The SMILES string of the molecule is CCN1C(=O)[C@]23CC2COCC[C@@H]3c2cc(Br)cnc21. The maximum atomic E-state index is 13.0. The number of amides is 1. The van der Waals surface area contributed by atoms with E-state index >= 15 is 0 Å². The highest BCUT2D eigenvalue weighted by molar-refractivity contribution is 9.10. The first-order valence-corrected chi connectivity index (χ1v) is 8.03. The molecule has 3 aliphatic rings. The van der Waals surface area contributed by atoms with Gasteiger partial charge < -0.3 is 4.74 Å². The number of pyridine rings is 1. The van der Waals surface area contributed by atoms with Gasteiger partial charge in [-0.3, -0.25) is 9.69 Å². The third-order valence-electron chi connectivity index (χ3n) is 5.10. The lowest BCUT2D eigenvalue weighted by atomic mass is 9.76. The van der Waals surface area contributed by atoms with Crippen molar-refractivity contribution in [1.29, 1.82) is 0 Å². The number of carbonyl (C=O) groups is 1. The first-order valence-electron chi connectivity index (χ1n) is 7.23. The summed E-state index contributed by atoms with van der Waals surface area (Å²) in [6, 6.07) is 2.14. The molecule has 1 aromatic heterocycles. The average Bonchev–Trinajstić information content (AvgIpc) is 3.15. The molecule has 0 bridgehead atoms. The molecule has 0 N–H and O–H groups in total. The standard InChI is InChI=1S/C15H17BrN2O2/c1-2-18-13-11(5-10(16)7-17-13)12-3-4-20-8-9-6-15(9,12)14(18)19/h5,7,9,12H,2-4,6,8H2,1H3/t9?,12-,15-/m1/s1. The maximum Gasteiger partial charge on any atom is 0.235 e. The molecule has 1 saturated heterocycles. The maximum absolute atomic E-state index is 13.0. The molecule has 1 spiro atoms. The van der Waals surface area contributed by atoms with Crippen LogP contribution < -0.4 is 4.90 Å². The molecule has 0 radical (unpaired) electrons. The molecule has 1 saturated carbocycles. The van der Waals surface area contributed by atoms with Gasteiger partial charge in [-0.05, 0) is 47.7 Å². The van der Waals surface area contributed by atoms with Gasteiger partial charge >= 0.3 is 0 Å². The van der Waals surface area contributed by atoms with Crippen molar-refractivity contribution < 1.29 is 9.53 Å². The summed E-state index contributed by atoms with van der Waals surface area (Å²) in [5.74, 6) is 1.78. The van der Waals surface area contributed by atoms with Crippen LogP contribution in [0.3, 0.4) is 0 Å². The van der Waals surface area contributed by atoms with Crippen LogP contribution in [-0.4, -0.2) is 30.6 Å². The van der Waals surface area contributed by atoms with Crippen LogP contribution in [0.2, 0.25) is 0 Å². The number of anilines is 1.